The maximum Gasteiger partial charge on any atom is 0.272 e. The number of halogens is 1. The second-order valence-electron chi connectivity index (χ2n) is 5.11. The molecule has 0 aromatic heterocycles. The Labute approximate surface area is 112 Å². The number of amides is 1. The average molecular weight is 266 g/mol. The molecular formula is C14H19FN2O2. The molecule has 0 radical (unpaired) electrons. The van der Waals surface area contributed by atoms with E-state index >= 15 is 0 Å². The fourth-order valence-corrected chi connectivity index (χ4v) is 2.55. The normalized spacial score (nSPS) is 24.2. The molecule has 104 valence electrons. The van der Waals surface area contributed by atoms with Crippen molar-refractivity contribution in [3.63, 3.8) is 0 Å². The summed E-state index contributed by atoms with van der Waals surface area (Å²) < 4.78 is 13.6. The topological polar surface area (TPSA) is 52.6 Å². The van der Waals surface area contributed by atoms with Crippen LogP contribution < -0.4 is 5.43 Å². The number of hydrogen-bond acceptors (Lipinski definition) is 3. The standard InChI is InChI=1S/C14H19FN2O2/c1-9-5-3-6-10(2)17(9)16-14(19)13-11(15)7-4-8-12(13)18/h4,7-10,18H,3,5-6H2,1-2H3,(H,16,19). The number of nitrogens with one attached hydrogen (secondary N) is 1. The highest BCUT2D eigenvalue weighted by Crippen LogP contribution is 2.23. The Morgan fingerprint density at radius 1 is 1.37 bits per heavy atom. The molecule has 1 heterocycles. The Hall–Kier alpha value is -1.62. The van der Waals surface area contributed by atoms with Crippen molar-refractivity contribution in [3.8, 4) is 5.75 Å². The summed E-state index contributed by atoms with van der Waals surface area (Å²) in [7, 11) is 0. The molecule has 0 spiro atoms. The first-order valence-corrected chi connectivity index (χ1v) is 6.57. The van der Waals surface area contributed by atoms with Crippen molar-refractivity contribution in [2.75, 3.05) is 0 Å². The smallest absolute Gasteiger partial charge is 0.272 e. The van der Waals surface area contributed by atoms with Crippen molar-refractivity contribution in [1.82, 2.24) is 10.4 Å². The molecule has 19 heavy (non-hydrogen) atoms. The van der Waals surface area contributed by atoms with E-state index in [-0.39, 0.29) is 23.4 Å². The van der Waals surface area contributed by atoms with Gasteiger partial charge in [0.05, 0.1) is 0 Å². The summed E-state index contributed by atoms with van der Waals surface area (Å²) in [4.78, 5) is 12.1. The summed E-state index contributed by atoms with van der Waals surface area (Å²) in [6.45, 7) is 4.05. The Balaban J connectivity index is 2.16. The van der Waals surface area contributed by atoms with E-state index in [0.29, 0.717) is 0 Å². The van der Waals surface area contributed by atoms with Crippen LogP contribution in [0.4, 0.5) is 4.39 Å². The largest absolute Gasteiger partial charge is 0.507 e. The molecule has 1 aromatic rings. The average Bonchev–Trinajstić information content (AvgIpc) is 2.34. The Morgan fingerprint density at radius 3 is 2.58 bits per heavy atom. The maximum absolute atomic E-state index is 13.6. The molecule has 4 nitrogen and oxygen atoms in total. The van der Waals surface area contributed by atoms with Gasteiger partial charge in [0, 0.05) is 12.1 Å². The van der Waals surface area contributed by atoms with Gasteiger partial charge in [-0.3, -0.25) is 10.2 Å². The molecule has 2 unspecified atom stereocenters. The van der Waals surface area contributed by atoms with E-state index < -0.39 is 11.7 Å². The van der Waals surface area contributed by atoms with E-state index in [0.717, 1.165) is 25.3 Å². The van der Waals surface area contributed by atoms with Crippen LogP contribution in [0, 0.1) is 5.82 Å². The van der Waals surface area contributed by atoms with Crippen molar-refractivity contribution < 1.29 is 14.3 Å². The van der Waals surface area contributed by atoms with E-state index in [9.17, 15) is 14.3 Å². The van der Waals surface area contributed by atoms with Crippen LogP contribution in [0.15, 0.2) is 18.2 Å². The van der Waals surface area contributed by atoms with Gasteiger partial charge in [-0.15, -0.1) is 0 Å². The lowest BCUT2D eigenvalue weighted by molar-refractivity contribution is 0.0365. The third kappa shape index (κ3) is 2.87. The summed E-state index contributed by atoms with van der Waals surface area (Å²) in [5, 5.41) is 11.4. The summed E-state index contributed by atoms with van der Waals surface area (Å²) in [5.41, 5.74) is 2.41. The number of rotatable bonds is 2. The zero-order chi connectivity index (χ0) is 14.0. The van der Waals surface area contributed by atoms with E-state index in [4.69, 9.17) is 0 Å². The Morgan fingerprint density at radius 2 is 2.00 bits per heavy atom. The van der Waals surface area contributed by atoms with Crippen molar-refractivity contribution in [2.24, 2.45) is 0 Å². The van der Waals surface area contributed by atoms with Crippen molar-refractivity contribution in [2.45, 2.75) is 45.2 Å². The molecule has 0 bridgehead atoms. The minimum Gasteiger partial charge on any atom is -0.507 e. The van der Waals surface area contributed by atoms with Crippen LogP contribution in [-0.4, -0.2) is 28.1 Å². The number of piperidine rings is 1. The molecule has 1 saturated heterocycles. The molecule has 1 amide bonds. The number of aromatic hydroxyl groups is 1. The lowest BCUT2D eigenvalue weighted by Crippen LogP contribution is -2.54. The van der Waals surface area contributed by atoms with Crippen LogP contribution in [0.3, 0.4) is 0 Å². The molecule has 2 N–H and O–H groups in total. The minimum absolute atomic E-state index is 0.210. The van der Waals surface area contributed by atoms with Crippen LogP contribution in [0.1, 0.15) is 43.5 Å². The zero-order valence-corrected chi connectivity index (χ0v) is 11.2. The van der Waals surface area contributed by atoms with Crippen LogP contribution in [0.2, 0.25) is 0 Å². The second kappa shape index (κ2) is 5.57. The van der Waals surface area contributed by atoms with E-state index in [2.05, 4.69) is 5.43 Å². The lowest BCUT2D eigenvalue weighted by atomic mass is 10.00. The fraction of sp³-hybridized carbons (Fsp3) is 0.500. The molecule has 5 heteroatoms. The third-order valence-electron chi connectivity index (χ3n) is 3.64. The molecule has 0 aliphatic carbocycles. The minimum atomic E-state index is -0.713. The molecule has 0 saturated carbocycles. The first-order valence-electron chi connectivity index (χ1n) is 6.57. The zero-order valence-electron chi connectivity index (χ0n) is 11.2. The molecular weight excluding hydrogens is 247 g/mol. The van der Waals surface area contributed by atoms with Crippen LogP contribution >= 0.6 is 0 Å². The highest BCUT2D eigenvalue weighted by atomic mass is 19.1. The van der Waals surface area contributed by atoms with Gasteiger partial charge in [0.15, 0.2) is 0 Å². The van der Waals surface area contributed by atoms with Gasteiger partial charge in [0.25, 0.3) is 5.91 Å². The maximum atomic E-state index is 13.6. The molecule has 2 rings (SSSR count). The van der Waals surface area contributed by atoms with Gasteiger partial charge in [-0.05, 0) is 38.8 Å². The van der Waals surface area contributed by atoms with Gasteiger partial charge < -0.3 is 5.11 Å². The SMILES string of the molecule is CC1CCCC(C)N1NC(=O)c1c(O)cccc1F. The van der Waals surface area contributed by atoms with Crippen LogP contribution in [-0.2, 0) is 0 Å². The number of carbonyl (C=O) groups is 1. The summed E-state index contributed by atoms with van der Waals surface area (Å²) in [6.07, 6.45) is 3.11. The number of phenolic OH excluding ortho intramolecular Hbond substituents is 1. The first kappa shape index (κ1) is 13.8. The van der Waals surface area contributed by atoms with Gasteiger partial charge in [-0.25, -0.2) is 9.40 Å². The summed E-state index contributed by atoms with van der Waals surface area (Å²) >= 11 is 0. The Bertz CT molecular complexity index is 448. The van der Waals surface area contributed by atoms with Crippen molar-refractivity contribution >= 4 is 5.91 Å². The van der Waals surface area contributed by atoms with Gasteiger partial charge >= 0.3 is 0 Å². The Kier molecular flexibility index (Phi) is 4.04. The van der Waals surface area contributed by atoms with E-state index in [1.54, 1.807) is 0 Å². The van der Waals surface area contributed by atoms with Gasteiger partial charge in [0.1, 0.15) is 17.1 Å². The second-order valence-corrected chi connectivity index (χ2v) is 5.11. The number of nitrogens with zero attached hydrogens (tertiary/aromatic N) is 1. The summed E-state index contributed by atoms with van der Waals surface area (Å²) in [6, 6.07) is 4.26. The number of carbonyl (C=O) groups excluding carboxylic acids is 1. The first-order chi connectivity index (χ1) is 9.00. The van der Waals surface area contributed by atoms with E-state index in [1.165, 1.54) is 12.1 Å². The third-order valence-corrected chi connectivity index (χ3v) is 3.64. The summed E-state index contributed by atoms with van der Waals surface area (Å²) in [5.74, 6) is -1.65. The van der Waals surface area contributed by atoms with Gasteiger partial charge in [-0.2, -0.15) is 0 Å². The predicted molar refractivity (Wildman–Crippen MR) is 70.1 cm³/mol. The molecule has 1 aromatic carbocycles. The molecule has 1 aliphatic rings. The highest BCUT2D eigenvalue weighted by molar-refractivity contribution is 5.96. The quantitative estimate of drug-likeness (QED) is 0.864. The number of phenols is 1. The van der Waals surface area contributed by atoms with Crippen LogP contribution in [0.5, 0.6) is 5.75 Å². The van der Waals surface area contributed by atoms with Crippen LogP contribution in [0.25, 0.3) is 0 Å². The highest BCUT2D eigenvalue weighted by Gasteiger charge is 2.28. The molecule has 1 aliphatic heterocycles. The van der Waals surface area contributed by atoms with Crippen molar-refractivity contribution in [3.05, 3.63) is 29.6 Å². The predicted octanol–water partition coefficient (Wildman–Crippen LogP) is 2.44. The van der Waals surface area contributed by atoms with Gasteiger partial charge in [-0.1, -0.05) is 12.5 Å². The van der Waals surface area contributed by atoms with E-state index in [1.807, 2.05) is 18.9 Å². The number of hydrazine groups is 1. The van der Waals surface area contributed by atoms with Gasteiger partial charge in [0.2, 0.25) is 0 Å². The molecule has 1 fully saturated rings. The number of hydrogen-bond donors (Lipinski definition) is 2. The lowest BCUT2D eigenvalue weighted by Gasteiger charge is -2.38. The monoisotopic (exact) mass is 266 g/mol. The van der Waals surface area contributed by atoms with Crippen molar-refractivity contribution in [1.29, 1.82) is 0 Å². The number of benzene rings is 1. The molecule has 2 atom stereocenters. The fourth-order valence-electron chi connectivity index (χ4n) is 2.55.